The molecule has 3 rings (SSSR count). The molecule has 2 N–H and O–H groups in total. The van der Waals surface area contributed by atoms with Gasteiger partial charge in [0.05, 0.1) is 7.11 Å². The lowest BCUT2D eigenvalue weighted by molar-refractivity contribution is -0.122. The number of piperidine rings is 1. The van der Waals surface area contributed by atoms with Crippen LogP contribution in [-0.2, 0) is 11.3 Å². The summed E-state index contributed by atoms with van der Waals surface area (Å²) in [6.07, 6.45) is 7.24. The van der Waals surface area contributed by atoms with Gasteiger partial charge in [-0.1, -0.05) is 6.07 Å². The van der Waals surface area contributed by atoms with Crippen LogP contribution in [0.1, 0.15) is 37.7 Å². The van der Waals surface area contributed by atoms with E-state index in [0.29, 0.717) is 36.8 Å². The topological polar surface area (TPSA) is 63.2 Å². The van der Waals surface area contributed by atoms with Crippen molar-refractivity contribution in [2.45, 2.75) is 50.7 Å². The van der Waals surface area contributed by atoms with Crippen LogP contribution in [0.3, 0.4) is 0 Å². The molecule has 2 fully saturated rings. The molecule has 2 unspecified atom stereocenters. The van der Waals surface area contributed by atoms with Gasteiger partial charge in [0.1, 0.15) is 0 Å². The lowest BCUT2D eigenvalue weighted by atomic mass is 9.89. The zero-order chi connectivity index (χ0) is 14.7. The summed E-state index contributed by atoms with van der Waals surface area (Å²) in [7, 11) is 1.59. The summed E-state index contributed by atoms with van der Waals surface area (Å²) in [5.74, 6) is 1.28. The fraction of sp³-hybridized carbons (Fsp3) is 0.625. The number of ether oxygens (including phenoxy) is 1. The Balaban J connectivity index is 1.43. The summed E-state index contributed by atoms with van der Waals surface area (Å²) >= 11 is 0. The van der Waals surface area contributed by atoms with E-state index in [9.17, 15) is 4.79 Å². The molecule has 2 saturated heterocycles. The molecule has 0 aromatic carbocycles. The van der Waals surface area contributed by atoms with Crippen LogP contribution in [0.2, 0.25) is 0 Å². The van der Waals surface area contributed by atoms with Crippen LogP contribution in [-0.4, -0.2) is 30.1 Å². The van der Waals surface area contributed by atoms with Crippen molar-refractivity contribution in [2.75, 3.05) is 7.11 Å². The number of nitrogens with one attached hydrogen (secondary N) is 2. The van der Waals surface area contributed by atoms with Crippen molar-refractivity contribution in [1.29, 1.82) is 0 Å². The maximum absolute atomic E-state index is 12.1. The predicted molar refractivity (Wildman–Crippen MR) is 79.9 cm³/mol. The molecule has 2 bridgehead atoms. The SMILES string of the molecule is COc1ccc(CNC(=O)CC2CC3CCC(C2)N3)cn1. The van der Waals surface area contributed by atoms with Gasteiger partial charge in [-0.3, -0.25) is 4.79 Å². The molecule has 2 aliphatic heterocycles. The lowest BCUT2D eigenvalue weighted by Crippen LogP contribution is -2.39. The zero-order valence-corrected chi connectivity index (χ0v) is 12.5. The maximum Gasteiger partial charge on any atom is 0.220 e. The maximum atomic E-state index is 12.1. The Hall–Kier alpha value is -1.62. The van der Waals surface area contributed by atoms with Crippen molar-refractivity contribution in [3.05, 3.63) is 23.9 Å². The highest BCUT2D eigenvalue weighted by Crippen LogP contribution is 2.32. The fourth-order valence-electron chi connectivity index (χ4n) is 3.51. The predicted octanol–water partition coefficient (Wildman–Crippen LogP) is 1.63. The highest BCUT2D eigenvalue weighted by molar-refractivity contribution is 5.76. The summed E-state index contributed by atoms with van der Waals surface area (Å²) in [5.41, 5.74) is 0.995. The van der Waals surface area contributed by atoms with Crippen LogP contribution >= 0.6 is 0 Å². The standard InChI is InChI=1S/C16H23N3O2/c1-21-16-5-2-11(10-18-16)9-17-15(20)8-12-6-13-3-4-14(7-12)19-13/h2,5,10,12-14,19H,3-4,6-9H2,1H3,(H,17,20). The molecule has 0 spiro atoms. The van der Waals surface area contributed by atoms with Crippen molar-refractivity contribution in [2.24, 2.45) is 5.92 Å². The van der Waals surface area contributed by atoms with Crippen LogP contribution in [0.25, 0.3) is 0 Å². The van der Waals surface area contributed by atoms with Crippen molar-refractivity contribution in [3.8, 4) is 5.88 Å². The number of carbonyl (C=O) groups excluding carboxylic acids is 1. The lowest BCUT2D eigenvalue weighted by Gasteiger charge is -2.28. The van der Waals surface area contributed by atoms with Crippen LogP contribution < -0.4 is 15.4 Å². The van der Waals surface area contributed by atoms with E-state index in [2.05, 4.69) is 15.6 Å². The monoisotopic (exact) mass is 289 g/mol. The van der Waals surface area contributed by atoms with E-state index in [-0.39, 0.29) is 5.91 Å². The van der Waals surface area contributed by atoms with Crippen molar-refractivity contribution >= 4 is 5.91 Å². The van der Waals surface area contributed by atoms with Gasteiger partial charge in [-0.05, 0) is 37.2 Å². The van der Waals surface area contributed by atoms with E-state index in [1.165, 1.54) is 12.8 Å². The molecular formula is C16H23N3O2. The van der Waals surface area contributed by atoms with Crippen LogP contribution in [0.5, 0.6) is 5.88 Å². The van der Waals surface area contributed by atoms with Crippen molar-refractivity contribution in [3.63, 3.8) is 0 Å². The summed E-state index contributed by atoms with van der Waals surface area (Å²) in [6, 6.07) is 5.03. The van der Waals surface area contributed by atoms with E-state index >= 15 is 0 Å². The van der Waals surface area contributed by atoms with Gasteiger partial charge in [0.25, 0.3) is 0 Å². The second-order valence-corrected chi connectivity index (χ2v) is 6.16. The van der Waals surface area contributed by atoms with Gasteiger partial charge in [-0.2, -0.15) is 0 Å². The molecule has 0 saturated carbocycles. The van der Waals surface area contributed by atoms with Gasteiger partial charge in [0.15, 0.2) is 0 Å². The van der Waals surface area contributed by atoms with E-state index in [0.717, 1.165) is 18.4 Å². The van der Waals surface area contributed by atoms with E-state index in [1.54, 1.807) is 13.3 Å². The molecule has 5 nitrogen and oxygen atoms in total. The molecular weight excluding hydrogens is 266 g/mol. The average molecular weight is 289 g/mol. The highest BCUT2D eigenvalue weighted by Gasteiger charge is 2.34. The molecule has 1 aromatic heterocycles. The summed E-state index contributed by atoms with van der Waals surface area (Å²) in [6.45, 7) is 0.535. The first-order valence-electron chi connectivity index (χ1n) is 7.74. The average Bonchev–Trinajstić information content (AvgIpc) is 2.84. The number of hydrogen-bond donors (Lipinski definition) is 2. The van der Waals surface area contributed by atoms with E-state index in [1.807, 2.05) is 12.1 Å². The number of nitrogens with zero attached hydrogens (tertiary/aromatic N) is 1. The Bertz CT molecular complexity index is 477. The molecule has 0 radical (unpaired) electrons. The van der Waals surface area contributed by atoms with E-state index in [4.69, 9.17) is 4.74 Å². The molecule has 0 aliphatic carbocycles. The zero-order valence-electron chi connectivity index (χ0n) is 12.5. The minimum Gasteiger partial charge on any atom is -0.481 e. The van der Waals surface area contributed by atoms with Gasteiger partial charge >= 0.3 is 0 Å². The highest BCUT2D eigenvalue weighted by atomic mass is 16.5. The Morgan fingerprint density at radius 1 is 1.38 bits per heavy atom. The van der Waals surface area contributed by atoms with Crippen molar-refractivity contribution in [1.82, 2.24) is 15.6 Å². The fourth-order valence-corrected chi connectivity index (χ4v) is 3.51. The third kappa shape index (κ3) is 3.73. The van der Waals surface area contributed by atoms with Crippen LogP contribution in [0, 0.1) is 5.92 Å². The number of pyridine rings is 1. The molecule has 114 valence electrons. The number of aromatic nitrogens is 1. The second-order valence-electron chi connectivity index (χ2n) is 6.16. The Labute approximate surface area is 125 Å². The quantitative estimate of drug-likeness (QED) is 0.865. The number of fused-ring (bicyclic) bond motifs is 2. The number of amides is 1. The largest absolute Gasteiger partial charge is 0.481 e. The first kappa shape index (κ1) is 14.3. The van der Waals surface area contributed by atoms with Gasteiger partial charge in [-0.15, -0.1) is 0 Å². The number of carbonyl (C=O) groups is 1. The molecule has 2 atom stereocenters. The smallest absolute Gasteiger partial charge is 0.220 e. The first-order valence-corrected chi connectivity index (χ1v) is 7.74. The normalized spacial score (nSPS) is 27.4. The Kier molecular flexibility index (Phi) is 4.39. The molecule has 1 aromatic rings. The molecule has 5 heteroatoms. The third-order valence-corrected chi connectivity index (χ3v) is 4.54. The van der Waals surface area contributed by atoms with Gasteiger partial charge in [0.2, 0.25) is 11.8 Å². The summed E-state index contributed by atoms with van der Waals surface area (Å²) < 4.78 is 5.02. The summed E-state index contributed by atoms with van der Waals surface area (Å²) in [4.78, 5) is 16.2. The molecule has 3 heterocycles. The van der Waals surface area contributed by atoms with Gasteiger partial charge < -0.3 is 15.4 Å². The first-order chi connectivity index (χ1) is 10.2. The van der Waals surface area contributed by atoms with Crippen LogP contribution in [0.15, 0.2) is 18.3 Å². The van der Waals surface area contributed by atoms with Crippen molar-refractivity contribution < 1.29 is 9.53 Å². The molecule has 21 heavy (non-hydrogen) atoms. The molecule has 2 aliphatic rings. The Morgan fingerprint density at radius 2 is 2.14 bits per heavy atom. The minimum absolute atomic E-state index is 0.150. The number of hydrogen-bond acceptors (Lipinski definition) is 4. The van der Waals surface area contributed by atoms with Gasteiger partial charge in [0, 0.05) is 37.3 Å². The number of methoxy groups -OCH3 is 1. The second kappa shape index (κ2) is 6.43. The van der Waals surface area contributed by atoms with E-state index < -0.39 is 0 Å². The minimum atomic E-state index is 0.150. The van der Waals surface area contributed by atoms with Gasteiger partial charge in [-0.25, -0.2) is 4.98 Å². The number of rotatable bonds is 5. The molecule has 1 amide bonds. The van der Waals surface area contributed by atoms with Crippen LogP contribution in [0.4, 0.5) is 0 Å². The Morgan fingerprint density at radius 3 is 2.76 bits per heavy atom. The summed E-state index contributed by atoms with van der Waals surface area (Å²) in [5, 5.41) is 6.60. The third-order valence-electron chi connectivity index (χ3n) is 4.54.